The van der Waals surface area contributed by atoms with Crippen molar-refractivity contribution in [2.24, 2.45) is 56.7 Å². The van der Waals surface area contributed by atoms with Crippen LogP contribution in [0.3, 0.4) is 0 Å². The molecule has 0 aromatic rings. The number of hydrogen-bond donors (Lipinski definition) is 2. The fourth-order valence-corrected chi connectivity index (χ4v) is 12.2. The molecule has 0 spiro atoms. The van der Waals surface area contributed by atoms with Gasteiger partial charge in [0.05, 0.1) is 11.7 Å². The molecule has 4 nitrogen and oxygen atoms in total. The predicted molar refractivity (Wildman–Crippen MR) is 143 cm³/mol. The first kappa shape index (κ1) is 27.0. The van der Waals surface area contributed by atoms with Crippen LogP contribution in [0.5, 0.6) is 0 Å². The summed E-state index contributed by atoms with van der Waals surface area (Å²) in [5.74, 6) is 1.61. The zero-order chi connectivity index (χ0) is 26.7. The second kappa shape index (κ2) is 7.96. The summed E-state index contributed by atoms with van der Waals surface area (Å²) in [6, 6.07) is 0. The maximum Gasteiger partial charge on any atom is 0.302 e. The molecule has 0 aromatic carbocycles. The quantitative estimate of drug-likeness (QED) is 0.389. The molecule has 5 rings (SSSR count). The van der Waals surface area contributed by atoms with Gasteiger partial charge in [0.15, 0.2) is 0 Å². The maximum absolute atomic E-state index is 12.4. The van der Waals surface area contributed by atoms with E-state index in [4.69, 9.17) is 4.74 Å². The third-order valence-electron chi connectivity index (χ3n) is 14.2. The van der Waals surface area contributed by atoms with Gasteiger partial charge in [-0.15, -0.1) is 0 Å². The van der Waals surface area contributed by atoms with Crippen molar-refractivity contribution in [2.75, 3.05) is 0 Å². The van der Waals surface area contributed by atoms with E-state index < -0.39 is 5.60 Å². The summed E-state index contributed by atoms with van der Waals surface area (Å²) in [6.07, 6.45) is 9.25. The smallest absolute Gasteiger partial charge is 0.302 e. The Labute approximate surface area is 220 Å². The summed E-state index contributed by atoms with van der Waals surface area (Å²) in [5.41, 5.74) is -0.592. The van der Waals surface area contributed by atoms with Gasteiger partial charge in [-0.3, -0.25) is 4.79 Å². The lowest BCUT2D eigenvalue weighted by atomic mass is 9.30. The van der Waals surface area contributed by atoms with Gasteiger partial charge in [-0.2, -0.15) is 0 Å². The molecule has 0 saturated heterocycles. The Morgan fingerprint density at radius 3 is 2.14 bits per heavy atom. The van der Waals surface area contributed by atoms with Gasteiger partial charge in [0.2, 0.25) is 0 Å². The minimum atomic E-state index is -0.643. The average Bonchev–Trinajstić information content (AvgIpc) is 2.74. The maximum atomic E-state index is 12.4. The van der Waals surface area contributed by atoms with Crippen LogP contribution in [0.25, 0.3) is 0 Å². The number of esters is 1. The van der Waals surface area contributed by atoms with Crippen molar-refractivity contribution in [1.29, 1.82) is 0 Å². The molecular formula is C32H54O4. The highest BCUT2D eigenvalue weighted by Gasteiger charge is 2.73. The second-order valence-electron chi connectivity index (χ2n) is 16.1. The number of aliphatic hydroxyl groups excluding tert-OH is 1. The SMILES string of the molecule is CC(=O)O[C@@H]1C[C@]2(C)[C@H](CC[C@@H]3[C@H]4[C@](C)(CC[C@@H](C)[C@@]4(C)O)CC[C@]32C)[C@@]2(C)CC[C@H](O)C(C)(C)[C@H]12. The van der Waals surface area contributed by atoms with Crippen LogP contribution in [0.2, 0.25) is 0 Å². The Hall–Kier alpha value is -0.610. The lowest BCUT2D eigenvalue weighted by Gasteiger charge is -2.75. The van der Waals surface area contributed by atoms with Crippen molar-refractivity contribution >= 4 is 5.97 Å². The molecule has 2 N–H and O–H groups in total. The zero-order valence-electron chi connectivity index (χ0n) is 24.6. The predicted octanol–water partition coefficient (Wildman–Crippen LogP) is 6.76. The summed E-state index contributed by atoms with van der Waals surface area (Å²) in [7, 11) is 0. The minimum absolute atomic E-state index is 0.0208. The lowest BCUT2D eigenvalue weighted by Crippen LogP contribution is -2.71. The fraction of sp³-hybridized carbons (Fsp3) is 0.969. The summed E-state index contributed by atoms with van der Waals surface area (Å²) in [5, 5.41) is 23.2. The topological polar surface area (TPSA) is 66.8 Å². The van der Waals surface area contributed by atoms with E-state index in [9.17, 15) is 15.0 Å². The number of fused-ring (bicyclic) bond motifs is 7. The van der Waals surface area contributed by atoms with Crippen LogP contribution in [0.15, 0.2) is 0 Å². The Morgan fingerprint density at radius 2 is 1.50 bits per heavy atom. The molecule has 0 unspecified atom stereocenters. The standard InChI is InChI=1S/C32H54O4/c1-19-12-14-28(5)16-17-30(7)21(25(28)32(19,9)35)10-11-23-29(6)15-13-24(34)27(3,4)26(29)22(36-20(2)33)18-31(23,30)8/h19,21-26,34-35H,10-18H2,1-9H3/t19-,21-,22-,23-,24+,25+,26+,28-,29-,30-,31-,32-/m1/s1. The molecule has 5 aliphatic rings. The van der Waals surface area contributed by atoms with E-state index in [1.807, 2.05) is 0 Å². The van der Waals surface area contributed by atoms with Crippen molar-refractivity contribution in [3.8, 4) is 0 Å². The van der Waals surface area contributed by atoms with Crippen LogP contribution in [0, 0.1) is 56.7 Å². The van der Waals surface area contributed by atoms with Crippen molar-refractivity contribution in [3.63, 3.8) is 0 Å². The van der Waals surface area contributed by atoms with Crippen LogP contribution in [-0.4, -0.2) is 34.0 Å². The first-order valence-electron chi connectivity index (χ1n) is 15.0. The van der Waals surface area contributed by atoms with Gasteiger partial charge < -0.3 is 14.9 Å². The third kappa shape index (κ3) is 3.28. The monoisotopic (exact) mass is 502 g/mol. The minimum Gasteiger partial charge on any atom is -0.462 e. The van der Waals surface area contributed by atoms with Gasteiger partial charge in [0.25, 0.3) is 0 Å². The zero-order valence-corrected chi connectivity index (χ0v) is 24.6. The Morgan fingerprint density at radius 1 is 0.833 bits per heavy atom. The number of hydrogen-bond acceptors (Lipinski definition) is 4. The molecule has 5 aliphatic carbocycles. The Bertz CT molecular complexity index is 905. The Kier molecular flexibility index (Phi) is 5.97. The van der Waals surface area contributed by atoms with Crippen LogP contribution in [0.4, 0.5) is 0 Å². The van der Waals surface area contributed by atoms with Gasteiger partial charge in [-0.05, 0) is 115 Å². The molecule has 4 heteroatoms. The first-order chi connectivity index (χ1) is 16.4. The van der Waals surface area contributed by atoms with Crippen molar-refractivity contribution in [3.05, 3.63) is 0 Å². The molecule has 0 radical (unpaired) electrons. The largest absolute Gasteiger partial charge is 0.462 e. The first-order valence-corrected chi connectivity index (χ1v) is 15.0. The van der Waals surface area contributed by atoms with Gasteiger partial charge in [0, 0.05) is 12.8 Å². The summed E-state index contributed by atoms with van der Waals surface area (Å²) in [6.45, 7) is 20.4. The highest BCUT2D eigenvalue weighted by Crippen LogP contribution is 2.77. The number of carbonyl (C=O) groups excluding carboxylic acids is 1. The summed E-state index contributed by atoms with van der Waals surface area (Å²) >= 11 is 0. The molecule has 5 fully saturated rings. The van der Waals surface area contributed by atoms with Crippen molar-refractivity contribution in [1.82, 2.24) is 0 Å². The lowest BCUT2D eigenvalue weighted by molar-refractivity contribution is -0.294. The van der Waals surface area contributed by atoms with Gasteiger partial charge in [-0.1, -0.05) is 48.5 Å². The molecule has 0 aromatic heterocycles. The number of rotatable bonds is 1. The van der Waals surface area contributed by atoms with E-state index in [0.717, 1.165) is 25.7 Å². The highest BCUT2D eigenvalue weighted by atomic mass is 16.5. The summed E-state index contributed by atoms with van der Waals surface area (Å²) in [4.78, 5) is 12.4. The normalized spacial score (nSPS) is 58.0. The van der Waals surface area contributed by atoms with E-state index in [1.165, 1.54) is 32.1 Å². The van der Waals surface area contributed by atoms with Gasteiger partial charge in [0.1, 0.15) is 6.10 Å². The Balaban J connectivity index is 1.62. The van der Waals surface area contributed by atoms with E-state index >= 15 is 0 Å². The van der Waals surface area contributed by atoms with Crippen LogP contribution >= 0.6 is 0 Å². The summed E-state index contributed by atoms with van der Waals surface area (Å²) < 4.78 is 6.23. The fourth-order valence-electron chi connectivity index (χ4n) is 12.2. The van der Waals surface area contributed by atoms with Crippen LogP contribution in [0.1, 0.15) is 120 Å². The molecule has 0 amide bonds. The van der Waals surface area contributed by atoms with E-state index in [0.29, 0.717) is 23.7 Å². The van der Waals surface area contributed by atoms with Crippen LogP contribution < -0.4 is 0 Å². The van der Waals surface area contributed by atoms with Crippen LogP contribution in [-0.2, 0) is 9.53 Å². The van der Waals surface area contributed by atoms with Crippen molar-refractivity contribution in [2.45, 2.75) is 138 Å². The molecule has 0 aliphatic heterocycles. The molecule has 206 valence electrons. The number of aliphatic hydroxyl groups is 2. The van der Waals surface area contributed by atoms with E-state index in [-0.39, 0.29) is 51.2 Å². The number of ether oxygens (including phenoxy) is 1. The van der Waals surface area contributed by atoms with Gasteiger partial charge >= 0.3 is 5.97 Å². The van der Waals surface area contributed by atoms with E-state index in [1.54, 1.807) is 6.92 Å². The van der Waals surface area contributed by atoms with E-state index in [2.05, 4.69) is 55.4 Å². The number of carbonyl (C=O) groups is 1. The van der Waals surface area contributed by atoms with Crippen molar-refractivity contribution < 1.29 is 19.7 Å². The second-order valence-corrected chi connectivity index (χ2v) is 16.1. The highest BCUT2D eigenvalue weighted by molar-refractivity contribution is 5.66. The molecule has 5 saturated carbocycles. The third-order valence-corrected chi connectivity index (χ3v) is 14.2. The van der Waals surface area contributed by atoms with Gasteiger partial charge in [-0.25, -0.2) is 0 Å². The molecular weight excluding hydrogens is 448 g/mol. The molecule has 36 heavy (non-hydrogen) atoms. The molecule has 12 atom stereocenters. The average molecular weight is 503 g/mol. The molecule has 0 bridgehead atoms. The molecule has 0 heterocycles.